The molecule has 4 rings (SSSR count). The van der Waals surface area contributed by atoms with Crippen molar-refractivity contribution >= 4 is 22.5 Å². The summed E-state index contributed by atoms with van der Waals surface area (Å²) in [6.45, 7) is 4.06. The molecule has 136 valence electrons. The summed E-state index contributed by atoms with van der Waals surface area (Å²) in [5.41, 5.74) is 4.03. The van der Waals surface area contributed by atoms with E-state index in [0.29, 0.717) is 18.7 Å². The van der Waals surface area contributed by atoms with Gasteiger partial charge in [0.1, 0.15) is 0 Å². The Hall–Kier alpha value is -3.48. The number of pyridine rings is 1. The zero-order valence-corrected chi connectivity index (χ0v) is 15.0. The van der Waals surface area contributed by atoms with Crippen molar-refractivity contribution < 1.29 is 9.53 Å². The van der Waals surface area contributed by atoms with Crippen molar-refractivity contribution in [2.24, 2.45) is 0 Å². The lowest BCUT2D eigenvalue weighted by molar-refractivity contribution is 0.0519. The van der Waals surface area contributed by atoms with E-state index in [9.17, 15) is 9.59 Å². The van der Waals surface area contributed by atoms with Gasteiger partial charge in [-0.25, -0.2) is 14.3 Å². The van der Waals surface area contributed by atoms with Crippen LogP contribution in [0.15, 0.2) is 47.3 Å². The van der Waals surface area contributed by atoms with Gasteiger partial charge in [-0.15, -0.1) is 0 Å². The molecule has 3 heterocycles. The topological polar surface area (TPSA) is 89.4 Å². The number of nitrogens with zero attached hydrogens (tertiary/aromatic N) is 3. The highest BCUT2D eigenvalue weighted by Gasteiger charge is 2.15. The van der Waals surface area contributed by atoms with Crippen LogP contribution < -0.4 is 5.56 Å². The van der Waals surface area contributed by atoms with Gasteiger partial charge >= 0.3 is 5.97 Å². The minimum Gasteiger partial charge on any atom is -0.461 e. The maximum absolute atomic E-state index is 12.1. The second-order valence-electron chi connectivity index (χ2n) is 6.13. The van der Waals surface area contributed by atoms with Crippen molar-refractivity contribution in [2.45, 2.75) is 20.3 Å². The fraction of sp³-hybridized carbons (Fsp3) is 0.200. The molecule has 0 aliphatic carbocycles. The summed E-state index contributed by atoms with van der Waals surface area (Å²) >= 11 is 0. The van der Waals surface area contributed by atoms with Crippen LogP contribution in [0.25, 0.3) is 27.8 Å². The molecule has 0 amide bonds. The fourth-order valence-electron chi connectivity index (χ4n) is 3.05. The van der Waals surface area contributed by atoms with Gasteiger partial charge in [0.25, 0.3) is 0 Å². The van der Waals surface area contributed by atoms with Crippen LogP contribution in [-0.4, -0.2) is 32.2 Å². The molecule has 0 aliphatic heterocycles. The number of benzene rings is 1. The third-order valence-corrected chi connectivity index (χ3v) is 4.37. The molecule has 0 spiro atoms. The molecule has 0 radical (unpaired) electrons. The van der Waals surface area contributed by atoms with Gasteiger partial charge in [0.15, 0.2) is 11.3 Å². The van der Waals surface area contributed by atoms with Gasteiger partial charge in [0, 0.05) is 28.9 Å². The Morgan fingerprint density at radius 2 is 2.00 bits per heavy atom. The Balaban J connectivity index is 1.84. The first-order valence-corrected chi connectivity index (χ1v) is 8.79. The number of carbonyl (C=O) groups excluding carboxylic acids is 1. The standard InChI is InChI=1S/C20H18N4O3/c1-3-14-10-17(20(26)27-4-2)21-18-11-16(23-24(14)18)13-5-7-15-12(9-13)6-8-19(25)22-15/h5-11H,3-4H2,1-2H3,(H,22,25). The molecule has 1 aromatic carbocycles. The highest BCUT2D eigenvalue weighted by Crippen LogP contribution is 2.24. The Labute approximate surface area is 154 Å². The third kappa shape index (κ3) is 3.08. The summed E-state index contributed by atoms with van der Waals surface area (Å²) < 4.78 is 6.81. The van der Waals surface area contributed by atoms with E-state index in [0.717, 1.165) is 27.9 Å². The maximum Gasteiger partial charge on any atom is 0.357 e. The number of aromatic amines is 1. The second kappa shape index (κ2) is 6.68. The van der Waals surface area contributed by atoms with E-state index in [1.165, 1.54) is 6.07 Å². The van der Waals surface area contributed by atoms with E-state index >= 15 is 0 Å². The van der Waals surface area contributed by atoms with Gasteiger partial charge in [0.2, 0.25) is 5.56 Å². The van der Waals surface area contributed by atoms with Gasteiger partial charge in [-0.3, -0.25) is 4.79 Å². The molecule has 0 fully saturated rings. The van der Waals surface area contributed by atoms with Crippen LogP contribution >= 0.6 is 0 Å². The van der Waals surface area contributed by atoms with E-state index in [-0.39, 0.29) is 11.3 Å². The van der Waals surface area contributed by atoms with Crippen molar-refractivity contribution in [3.8, 4) is 11.3 Å². The minimum absolute atomic E-state index is 0.133. The molecular weight excluding hydrogens is 344 g/mol. The predicted molar refractivity (Wildman–Crippen MR) is 102 cm³/mol. The molecular formula is C20H18N4O3. The largest absolute Gasteiger partial charge is 0.461 e. The first kappa shape index (κ1) is 17.0. The highest BCUT2D eigenvalue weighted by atomic mass is 16.5. The quantitative estimate of drug-likeness (QED) is 0.564. The fourth-order valence-corrected chi connectivity index (χ4v) is 3.05. The van der Waals surface area contributed by atoms with Gasteiger partial charge in [-0.05, 0) is 43.0 Å². The zero-order chi connectivity index (χ0) is 19.0. The van der Waals surface area contributed by atoms with Gasteiger partial charge in [-0.1, -0.05) is 13.0 Å². The Morgan fingerprint density at radius 3 is 2.78 bits per heavy atom. The number of aryl methyl sites for hydroxylation is 1. The highest BCUT2D eigenvalue weighted by molar-refractivity contribution is 5.88. The lowest BCUT2D eigenvalue weighted by Crippen LogP contribution is -2.10. The number of hydrogen-bond acceptors (Lipinski definition) is 5. The van der Waals surface area contributed by atoms with Crippen LogP contribution in [0.1, 0.15) is 30.0 Å². The predicted octanol–water partition coefficient (Wildman–Crippen LogP) is 2.98. The van der Waals surface area contributed by atoms with Crippen molar-refractivity contribution in [3.63, 3.8) is 0 Å². The van der Waals surface area contributed by atoms with Crippen LogP contribution in [0, 0.1) is 0 Å². The molecule has 7 heteroatoms. The first-order chi connectivity index (χ1) is 13.1. The molecule has 0 atom stereocenters. The van der Waals surface area contributed by atoms with Gasteiger partial charge in [0.05, 0.1) is 12.3 Å². The minimum atomic E-state index is -0.438. The number of aromatic nitrogens is 4. The number of rotatable bonds is 4. The molecule has 1 N–H and O–H groups in total. The summed E-state index contributed by atoms with van der Waals surface area (Å²) in [7, 11) is 0. The van der Waals surface area contributed by atoms with E-state index in [2.05, 4.69) is 15.1 Å². The average molecular weight is 362 g/mol. The average Bonchev–Trinajstić information content (AvgIpc) is 3.11. The number of nitrogens with one attached hydrogen (secondary N) is 1. The summed E-state index contributed by atoms with van der Waals surface area (Å²) in [4.78, 5) is 30.7. The molecule has 7 nitrogen and oxygen atoms in total. The Bertz CT molecular complexity index is 1220. The van der Waals surface area contributed by atoms with Crippen molar-refractivity contribution in [3.05, 3.63) is 64.2 Å². The number of hydrogen-bond donors (Lipinski definition) is 1. The molecule has 0 saturated heterocycles. The molecule has 0 saturated carbocycles. The normalized spacial score (nSPS) is 11.2. The lowest BCUT2D eigenvalue weighted by Gasteiger charge is -2.05. The second-order valence-corrected chi connectivity index (χ2v) is 6.13. The van der Waals surface area contributed by atoms with Crippen LogP contribution in [0.2, 0.25) is 0 Å². The molecule has 3 aromatic heterocycles. The van der Waals surface area contributed by atoms with Gasteiger partial charge < -0.3 is 9.72 Å². The first-order valence-electron chi connectivity index (χ1n) is 8.79. The summed E-state index contributed by atoms with van der Waals surface area (Å²) in [6.07, 6.45) is 0.700. The van der Waals surface area contributed by atoms with Crippen LogP contribution in [0.3, 0.4) is 0 Å². The SMILES string of the molecule is CCOC(=O)c1cc(CC)n2nc(-c3ccc4[nH]c(=O)ccc4c3)cc2n1. The molecule has 0 unspecified atom stereocenters. The van der Waals surface area contributed by atoms with Crippen LogP contribution in [0.4, 0.5) is 0 Å². The third-order valence-electron chi connectivity index (χ3n) is 4.37. The Kier molecular flexibility index (Phi) is 4.19. The van der Waals surface area contributed by atoms with Crippen molar-refractivity contribution in [2.75, 3.05) is 6.61 Å². The summed E-state index contributed by atoms with van der Waals surface area (Å²) in [5.74, 6) is -0.438. The smallest absolute Gasteiger partial charge is 0.357 e. The number of ether oxygens (including phenoxy) is 1. The molecule has 4 aromatic rings. The number of esters is 1. The van der Waals surface area contributed by atoms with Crippen LogP contribution in [0.5, 0.6) is 0 Å². The van der Waals surface area contributed by atoms with E-state index in [1.807, 2.05) is 31.2 Å². The van der Waals surface area contributed by atoms with Crippen molar-refractivity contribution in [1.82, 2.24) is 19.6 Å². The van der Waals surface area contributed by atoms with Crippen LogP contribution in [-0.2, 0) is 11.2 Å². The number of H-pyrrole nitrogens is 1. The van der Waals surface area contributed by atoms with E-state index < -0.39 is 5.97 Å². The monoisotopic (exact) mass is 362 g/mol. The molecule has 0 aliphatic rings. The zero-order valence-electron chi connectivity index (χ0n) is 15.0. The molecule has 27 heavy (non-hydrogen) atoms. The summed E-state index contributed by atoms with van der Waals surface area (Å²) in [6, 6.07) is 12.6. The van der Waals surface area contributed by atoms with Crippen molar-refractivity contribution in [1.29, 1.82) is 0 Å². The Morgan fingerprint density at radius 1 is 1.15 bits per heavy atom. The van der Waals surface area contributed by atoms with E-state index in [1.54, 1.807) is 23.6 Å². The molecule has 0 bridgehead atoms. The lowest BCUT2D eigenvalue weighted by atomic mass is 10.1. The number of fused-ring (bicyclic) bond motifs is 2. The summed E-state index contributed by atoms with van der Waals surface area (Å²) in [5, 5.41) is 5.57. The number of carbonyl (C=O) groups is 1. The van der Waals surface area contributed by atoms with E-state index in [4.69, 9.17) is 4.74 Å². The maximum atomic E-state index is 12.1. The van der Waals surface area contributed by atoms with Gasteiger partial charge in [-0.2, -0.15) is 5.10 Å².